The van der Waals surface area contributed by atoms with Crippen molar-refractivity contribution in [1.29, 1.82) is 5.41 Å². The highest BCUT2D eigenvalue weighted by Gasteiger charge is 2.22. The van der Waals surface area contributed by atoms with Crippen LogP contribution in [0.4, 0.5) is 11.5 Å². The van der Waals surface area contributed by atoms with E-state index in [4.69, 9.17) is 20.6 Å². The normalized spacial score (nSPS) is 15.1. The van der Waals surface area contributed by atoms with Crippen LogP contribution in [0.3, 0.4) is 0 Å². The minimum atomic E-state index is 0.0616. The van der Waals surface area contributed by atoms with Crippen LogP contribution in [0.5, 0.6) is 5.75 Å². The van der Waals surface area contributed by atoms with Gasteiger partial charge in [0.2, 0.25) is 0 Å². The maximum absolute atomic E-state index is 8.73. The number of aromatic nitrogens is 2. The number of nitrogens with zero attached hydrogens (tertiary/aromatic N) is 4. The molecule has 0 spiro atoms. The van der Waals surface area contributed by atoms with E-state index in [2.05, 4.69) is 14.9 Å². The zero-order valence-corrected chi connectivity index (χ0v) is 17.8. The molecule has 1 aromatic heterocycles. The molecule has 1 aliphatic rings. The highest BCUT2D eigenvalue weighted by molar-refractivity contribution is 6.13. The van der Waals surface area contributed by atoms with Crippen molar-refractivity contribution in [2.24, 2.45) is 7.05 Å². The second-order valence-corrected chi connectivity index (χ2v) is 7.62. The number of anilines is 2. The van der Waals surface area contributed by atoms with Crippen molar-refractivity contribution in [3.8, 4) is 5.75 Å². The number of nitrogens with one attached hydrogen (secondary N) is 1. The first-order chi connectivity index (χ1) is 13.9. The lowest BCUT2D eigenvalue weighted by molar-refractivity contribution is 0.144. The number of hydrogen-bond acceptors (Lipinski definition) is 7. The lowest BCUT2D eigenvalue weighted by Gasteiger charge is -2.34. The minimum Gasteiger partial charge on any atom is -0.491 e. The number of benzene rings is 1. The quantitative estimate of drug-likeness (QED) is 0.520. The van der Waals surface area contributed by atoms with Crippen molar-refractivity contribution >= 4 is 17.2 Å². The molecule has 8 heteroatoms. The fraction of sp³-hybridized carbons (Fsp3) is 0.524. The zero-order chi connectivity index (χ0) is 21.0. The third-order valence-electron chi connectivity index (χ3n) is 5.10. The van der Waals surface area contributed by atoms with Crippen LogP contribution in [0.2, 0.25) is 0 Å². The first-order valence-electron chi connectivity index (χ1n) is 10.0. The average Bonchev–Trinajstić information content (AvgIpc) is 3.09. The number of ether oxygens (including phenoxy) is 2. The van der Waals surface area contributed by atoms with Gasteiger partial charge in [-0.05, 0) is 32.0 Å². The summed E-state index contributed by atoms with van der Waals surface area (Å²) in [6.45, 7) is 9.44. The highest BCUT2D eigenvalue weighted by Crippen LogP contribution is 2.25. The Balaban J connectivity index is 1.74. The van der Waals surface area contributed by atoms with Crippen LogP contribution in [0.15, 0.2) is 24.3 Å². The van der Waals surface area contributed by atoms with E-state index in [-0.39, 0.29) is 6.10 Å². The van der Waals surface area contributed by atoms with Gasteiger partial charge >= 0.3 is 0 Å². The topological polar surface area (TPSA) is 92.6 Å². The van der Waals surface area contributed by atoms with Gasteiger partial charge in [-0.1, -0.05) is 0 Å². The van der Waals surface area contributed by atoms with Gasteiger partial charge in [-0.15, -0.1) is 0 Å². The third-order valence-corrected chi connectivity index (χ3v) is 5.10. The Morgan fingerprint density at radius 1 is 1.21 bits per heavy atom. The number of methoxy groups -OCH3 is 1. The predicted molar refractivity (Wildman–Crippen MR) is 116 cm³/mol. The van der Waals surface area contributed by atoms with E-state index >= 15 is 0 Å². The standard InChI is InChI=1S/C21H32N6O2/c1-15(2)29-16-5-6-18(22)17(13-16)21(23)19-14-20(24-25(19)3)27-9-7-26(8-10-27)11-12-28-4/h5-6,13-15,23H,7-12,22H2,1-4H3. The van der Waals surface area contributed by atoms with Gasteiger partial charge in [0.25, 0.3) is 0 Å². The molecule has 29 heavy (non-hydrogen) atoms. The van der Waals surface area contributed by atoms with Gasteiger partial charge in [0.15, 0.2) is 5.82 Å². The Morgan fingerprint density at radius 2 is 1.93 bits per heavy atom. The van der Waals surface area contributed by atoms with Crippen molar-refractivity contribution < 1.29 is 9.47 Å². The van der Waals surface area contributed by atoms with Crippen LogP contribution in [0.25, 0.3) is 0 Å². The van der Waals surface area contributed by atoms with E-state index in [9.17, 15) is 0 Å². The molecule has 3 N–H and O–H groups in total. The van der Waals surface area contributed by atoms with Crippen LogP contribution < -0.4 is 15.4 Å². The maximum Gasteiger partial charge on any atom is 0.151 e. The fourth-order valence-electron chi connectivity index (χ4n) is 3.50. The van der Waals surface area contributed by atoms with Gasteiger partial charge < -0.3 is 20.1 Å². The van der Waals surface area contributed by atoms with Crippen molar-refractivity contribution in [1.82, 2.24) is 14.7 Å². The molecule has 0 aliphatic carbocycles. The largest absolute Gasteiger partial charge is 0.491 e. The molecule has 8 nitrogen and oxygen atoms in total. The molecule has 1 aromatic carbocycles. The molecule has 1 aliphatic heterocycles. The molecular formula is C21H32N6O2. The number of nitrogen functional groups attached to an aromatic ring is 1. The molecule has 0 unspecified atom stereocenters. The van der Waals surface area contributed by atoms with E-state index in [1.54, 1.807) is 17.9 Å². The summed E-state index contributed by atoms with van der Waals surface area (Å²) in [7, 11) is 3.60. The molecule has 158 valence electrons. The smallest absolute Gasteiger partial charge is 0.151 e. The SMILES string of the molecule is COCCN1CCN(c2cc(C(=N)c3cc(OC(C)C)ccc3N)n(C)n2)CC1. The van der Waals surface area contributed by atoms with Crippen molar-refractivity contribution in [2.75, 3.05) is 57.1 Å². The second-order valence-electron chi connectivity index (χ2n) is 7.62. The summed E-state index contributed by atoms with van der Waals surface area (Å²) in [5.74, 6) is 1.61. The number of hydrogen-bond donors (Lipinski definition) is 2. The first kappa shape index (κ1) is 21.1. The molecule has 0 radical (unpaired) electrons. The van der Waals surface area contributed by atoms with Crippen molar-refractivity contribution in [3.63, 3.8) is 0 Å². The van der Waals surface area contributed by atoms with Gasteiger partial charge in [-0.25, -0.2) is 0 Å². The van der Waals surface area contributed by atoms with E-state index < -0.39 is 0 Å². The Kier molecular flexibility index (Phi) is 6.76. The van der Waals surface area contributed by atoms with E-state index in [1.165, 1.54) is 0 Å². The third kappa shape index (κ3) is 5.07. The summed E-state index contributed by atoms with van der Waals surface area (Å²) < 4.78 is 12.7. The fourth-order valence-corrected chi connectivity index (χ4v) is 3.50. The molecule has 0 saturated carbocycles. The Morgan fingerprint density at radius 3 is 2.59 bits per heavy atom. The Bertz CT molecular complexity index is 840. The van der Waals surface area contributed by atoms with Crippen molar-refractivity contribution in [2.45, 2.75) is 20.0 Å². The van der Waals surface area contributed by atoms with Crippen LogP contribution >= 0.6 is 0 Å². The summed E-state index contributed by atoms with van der Waals surface area (Å²) in [6, 6.07) is 7.43. The number of piperazine rings is 1. The van der Waals surface area contributed by atoms with Crippen LogP contribution in [-0.4, -0.2) is 72.9 Å². The summed E-state index contributed by atoms with van der Waals surface area (Å²) in [5.41, 5.74) is 8.45. The molecule has 2 aromatic rings. The molecule has 1 fully saturated rings. The summed E-state index contributed by atoms with van der Waals surface area (Å²) >= 11 is 0. The van der Waals surface area contributed by atoms with E-state index in [0.717, 1.165) is 50.8 Å². The lowest BCUT2D eigenvalue weighted by atomic mass is 10.0. The molecule has 2 heterocycles. The van der Waals surface area contributed by atoms with Crippen LogP contribution in [-0.2, 0) is 11.8 Å². The molecule has 0 atom stereocenters. The molecular weight excluding hydrogens is 368 g/mol. The lowest BCUT2D eigenvalue weighted by Crippen LogP contribution is -2.47. The van der Waals surface area contributed by atoms with Gasteiger partial charge in [0.05, 0.1) is 24.1 Å². The Labute approximate surface area is 172 Å². The number of nitrogens with two attached hydrogens (primary N) is 1. The maximum atomic E-state index is 8.73. The Hall–Kier alpha value is -2.58. The van der Waals surface area contributed by atoms with Crippen molar-refractivity contribution in [3.05, 3.63) is 35.5 Å². The zero-order valence-electron chi connectivity index (χ0n) is 17.8. The van der Waals surface area contributed by atoms with Gasteiger partial charge in [0.1, 0.15) is 5.75 Å². The first-order valence-corrected chi connectivity index (χ1v) is 10.0. The number of rotatable bonds is 8. The monoisotopic (exact) mass is 400 g/mol. The summed E-state index contributed by atoms with van der Waals surface area (Å²) in [4.78, 5) is 4.66. The van der Waals surface area contributed by atoms with Gasteiger partial charge in [0, 0.05) is 64.2 Å². The van der Waals surface area contributed by atoms with Crippen LogP contribution in [0.1, 0.15) is 25.1 Å². The second kappa shape index (κ2) is 9.28. The molecule has 3 rings (SSSR count). The minimum absolute atomic E-state index is 0.0616. The predicted octanol–water partition coefficient (Wildman–Crippen LogP) is 1.97. The van der Waals surface area contributed by atoms with Gasteiger partial charge in [-0.3, -0.25) is 15.0 Å². The molecule has 0 amide bonds. The molecule has 1 saturated heterocycles. The average molecular weight is 401 g/mol. The van der Waals surface area contributed by atoms with E-state index in [1.807, 2.05) is 39.1 Å². The van der Waals surface area contributed by atoms with E-state index in [0.29, 0.717) is 22.7 Å². The highest BCUT2D eigenvalue weighted by atomic mass is 16.5. The van der Waals surface area contributed by atoms with Gasteiger partial charge in [-0.2, -0.15) is 5.10 Å². The summed E-state index contributed by atoms with van der Waals surface area (Å²) in [6.07, 6.45) is 0.0616. The number of aryl methyl sites for hydroxylation is 1. The summed E-state index contributed by atoms with van der Waals surface area (Å²) in [5, 5.41) is 13.4. The molecule has 0 bridgehead atoms. The van der Waals surface area contributed by atoms with Crippen LogP contribution in [0, 0.1) is 5.41 Å².